The van der Waals surface area contributed by atoms with Gasteiger partial charge in [0, 0.05) is 37.4 Å². The van der Waals surface area contributed by atoms with E-state index in [-0.39, 0.29) is 18.6 Å². The number of methoxy groups -OCH3 is 1. The maximum Gasteiger partial charge on any atom is 0.407 e. The number of H-pyrrole nitrogens is 1. The summed E-state index contributed by atoms with van der Waals surface area (Å²) in [6, 6.07) is 9.04. The Hall–Kier alpha value is -2.87. The van der Waals surface area contributed by atoms with Gasteiger partial charge < -0.3 is 19.8 Å². The van der Waals surface area contributed by atoms with Crippen LogP contribution in [-0.2, 0) is 27.3 Å². The van der Waals surface area contributed by atoms with Crippen LogP contribution < -0.4 is 5.32 Å². The summed E-state index contributed by atoms with van der Waals surface area (Å²) in [4.78, 5) is 33.3. The fourth-order valence-electron chi connectivity index (χ4n) is 3.22. The number of aromatic amines is 1. The monoisotopic (exact) mass is 372 g/mol. The summed E-state index contributed by atoms with van der Waals surface area (Å²) < 4.78 is 10.2. The van der Waals surface area contributed by atoms with Crippen LogP contribution in [0.1, 0.15) is 17.7 Å². The molecule has 2 aromatic rings. The third-order valence-electron chi connectivity index (χ3n) is 4.64. The molecule has 2 unspecified atom stereocenters. The van der Waals surface area contributed by atoms with Gasteiger partial charge in [0.05, 0.1) is 13.4 Å². The van der Waals surface area contributed by atoms with Gasteiger partial charge in [0.15, 0.2) is 0 Å². The van der Waals surface area contributed by atoms with Gasteiger partial charge >= 0.3 is 12.1 Å². The van der Waals surface area contributed by atoms with E-state index in [0.717, 1.165) is 17.7 Å². The molecule has 0 saturated carbocycles. The third kappa shape index (κ3) is 5.30. The van der Waals surface area contributed by atoms with E-state index < -0.39 is 12.1 Å². The molecule has 0 aliphatic carbocycles. The summed E-state index contributed by atoms with van der Waals surface area (Å²) in [7, 11) is 1.38. The van der Waals surface area contributed by atoms with E-state index in [1.807, 2.05) is 35.2 Å². The number of hydrogen-bond donors (Lipinski definition) is 2. The van der Waals surface area contributed by atoms with Crippen LogP contribution in [0.3, 0.4) is 0 Å². The summed E-state index contributed by atoms with van der Waals surface area (Å²) in [6.45, 7) is 1.49. The highest BCUT2D eigenvalue weighted by Gasteiger charge is 2.34. The lowest BCUT2D eigenvalue weighted by molar-refractivity contribution is -0.146. The highest BCUT2D eigenvalue weighted by molar-refractivity contribution is 5.76. The molecular formula is C19H24N4O4. The van der Waals surface area contributed by atoms with Gasteiger partial charge in [-0.15, -0.1) is 0 Å². The van der Waals surface area contributed by atoms with Gasteiger partial charge in [0.1, 0.15) is 12.6 Å². The van der Waals surface area contributed by atoms with Crippen molar-refractivity contribution in [3.63, 3.8) is 0 Å². The Balaban J connectivity index is 1.50. The molecule has 8 heteroatoms. The van der Waals surface area contributed by atoms with Gasteiger partial charge in [-0.3, -0.25) is 9.69 Å². The maximum absolute atomic E-state index is 12.2. The minimum Gasteiger partial charge on any atom is -0.468 e. The first kappa shape index (κ1) is 18.9. The van der Waals surface area contributed by atoms with Gasteiger partial charge in [-0.1, -0.05) is 30.3 Å². The number of nitrogens with zero attached hydrogens (tertiary/aromatic N) is 2. The molecule has 0 radical (unpaired) electrons. The number of likely N-dealkylation sites (tertiary alicyclic amines) is 1. The summed E-state index contributed by atoms with van der Waals surface area (Å²) in [5.74, 6) is -0.295. The molecule has 3 rings (SSSR count). The minimum absolute atomic E-state index is 0.0674. The van der Waals surface area contributed by atoms with E-state index in [0.29, 0.717) is 19.5 Å². The van der Waals surface area contributed by atoms with Gasteiger partial charge in [-0.2, -0.15) is 0 Å². The Bertz CT molecular complexity index is 735. The molecule has 1 amide bonds. The second-order valence-electron chi connectivity index (χ2n) is 6.51. The Morgan fingerprint density at radius 2 is 2.19 bits per heavy atom. The van der Waals surface area contributed by atoms with E-state index >= 15 is 0 Å². The van der Waals surface area contributed by atoms with Crippen molar-refractivity contribution < 1.29 is 19.1 Å². The number of rotatable bonds is 7. The minimum atomic E-state index is -0.450. The highest BCUT2D eigenvalue weighted by atomic mass is 16.5. The molecule has 2 atom stereocenters. The van der Waals surface area contributed by atoms with Gasteiger partial charge in [0.25, 0.3) is 0 Å². The van der Waals surface area contributed by atoms with Gasteiger partial charge in [-0.05, 0) is 12.0 Å². The predicted octanol–water partition coefficient (Wildman–Crippen LogP) is 1.49. The average Bonchev–Trinajstić information content (AvgIpc) is 3.36. The highest BCUT2D eigenvalue weighted by Crippen LogP contribution is 2.17. The van der Waals surface area contributed by atoms with Crippen LogP contribution in [0.2, 0.25) is 0 Å². The number of carbonyl (C=O) groups is 2. The number of carbonyl (C=O) groups excluding carboxylic acids is 2. The van der Waals surface area contributed by atoms with Crippen molar-refractivity contribution in [2.75, 3.05) is 20.2 Å². The summed E-state index contributed by atoms with van der Waals surface area (Å²) >= 11 is 0. The predicted molar refractivity (Wildman–Crippen MR) is 97.8 cm³/mol. The molecular weight excluding hydrogens is 348 g/mol. The number of alkyl carbamates (subject to hydrolysis) is 1. The van der Waals surface area contributed by atoms with Crippen LogP contribution in [0.25, 0.3) is 0 Å². The van der Waals surface area contributed by atoms with Crippen molar-refractivity contribution in [2.45, 2.75) is 31.5 Å². The first-order chi connectivity index (χ1) is 13.2. The number of amides is 1. The standard InChI is InChI=1S/C19H24N4O4/c1-26-18(24)17(9-16-10-20-13-21-16)23-8-7-15(11-23)22-19(25)27-12-14-5-3-2-4-6-14/h2-6,10,13,15,17H,7-9,11-12H2,1H3,(H,20,21)(H,22,25). The van der Waals surface area contributed by atoms with E-state index in [2.05, 4.69) is 15.3 Å². The Morgan fingerprint density at radius 1 is 1.37 bits per heavy atom. The van der Waals surface area contributed by atoms with Crippen LogP contribution >= 0.6 is 0 Å². The van der Waals surface area contributed by atoms with Crippen LogP contribution in [-0.4, -0.2) is 59.2 Å². The van der Waals surface area contributed by atoms with Crippen molar-refractivity contribution >= 4 is 12.1 Å². The van der Waals surface area contributed by atoms with Crippen molar-refractivity contribution in [2.24, 2.45) is 0 Å². The zero-order valence-corrected chi connectivity index (χ0v) is 15.3. The zero-order chi connectivity index (χ0) is 19.1. The quantitative estimate of drug-likeness (QED) is 0.715. The average molecular weight is 372 g/mol. The maximum atomic E-state index is 12.2. The fourth-order valence-corrected chi connectivity index (χ4v) is 3.22. The first-order valence-corrected chi connectivity index (χ1v) is 8.92. The van der Waals surface area contributed by atoms with Crippen molar-refractivity contribution in [3.8, 4) is 0 Å². The fraction of sp³-hybridized carbons (Fsp3) is 0.421. The largest absolute Gasteiger partial charge is 0.468 e. The van der Waals surface area contributed by atoms with E-state index in [9.17, 15) is 9.59 Å². The second kappa shape index (κ2) is 9.18. The molecule has 1 saturated heterocycles. The number of aromatic nitrogens is 2. The lowest BCUT2D eigenvalue weighted by atomic mass is 10.1. The number of hydrogen-bond acceptors (Lipinski definition) is 6. The van der Waals surface area contributed by atoms with Gasteiger partial charge in [0.2, 0.25) is 0 Å². The summed E-state index contributed by atoms with van der Waals surface area (Å²) in [5.41, 5.74) is 1.80. The smallest absolute Gasteiger partial charge is 0.407 e. The molecule has 0 bridgehead atoms. The molecule has 1 fully saturated rings. The van der Waals surface area contributed by atoms with Gasteiger partial charge in [-0.25, -0.2) is 9.78 Å². The molecule has 1 aromatic heterocycles. The lowest BCUT2D eigenvalue weighted by Gasteiger charge is -2.25. The molecule has 1 aromatic carbocycles. The van der Waals surface area contributed by atoms with Crippen LogP contribution in [0.5, 0.6) is 0 Å². The normalized spacial score (nSPS) is 18.0. The SMILES string of the molecule is COC(=O)C(Cc1cnc[nH]1)N1CCC(NC(=O)OCc2ccccc2)C1. The third-order valence-corrected chi connectivity index (χ3v) is 4.64. The Labute approximate surface area is 157 Å². The van der Waals surface area contributed by atoms with E-state index in [1.54, 1.807) is 12.5 Å². The second-order valence-corrected chi connectivity index (χ2v) is 6.51. The Morgan fingerprint density at radius 3 is 2.89 bits per heavy atom. The number of imidazole rings is 1. The molecule has 1 aliphatic rings. The molecule has 144 valence electrons. The molecule has 1 aliphatic heterocycles. The van der Waals surface area contributed by atoms with Crippen molar-refractivity contribution in [1.29, 1.82) is 0 Å². The zero-order valence-electron chi connectivity index (χ0n) is 15.3. The Kier molecular flexibility index (Phi) is 6.43. The van der Waals surface area contributed by atoms with Crippen LogP contribution in [0.15, 0.2) is 42.9 Å². The molecule has 8 nitrogen and oxygen atoms in total. The number of ether oxygens (including phenoxy) is 2. The van der Waals surface area contributed by atoms with Crippen LogP contribution in [0, 0.1) is 0 Å². The lowest BCUT2D eigenvalue weighted by Crippen LogP contribution is -2.44. The van der Waals surface area contributed by atoms with Crippen molar-refractivity contribution in [1.82, 2.24) is 20.2 Å². The molecule has 2 heterocycles. The molecule has 2 N–H and O–H groups in total. The molecule has 27 heavy (non-hydrogen) atoms. The molecule has 0 spiro atoms. The van der Waals surface area contributed by atoms with E-state index in [4.69, 9.17) is 9.47 Å². The topological polar surface area (TPSA) is 96.5 Å². The number of esters is 1. The van der Waals surface area contributed by atoms with Crippen molar-refractivity contribution in [3.05, 3.63) is 54.1 Å². The van der Waals surface area contributed by atoms with Crippen LogP contribution in [0.4, 0.5) is 4.79 Å². The summed E-state index contributed by atoms with van der Waals surface area (Å²) in [5, 5.41) is 2.87. The first-order valence-electron chi connectivity index (χ1n) is 8.92. The summed E-state index contributed by atoms with van der Waals surface area (Å²) in [6.07, 6.45) is 4.06. The van der Waals surface area contributed by atoms with E-state index in [1.165, 1.54) is 7.11 Å². The number of benzene rings is 1. The number of nitrogens with one attached hydrogen (secondary N) is 2.